The van der Waals surface area contributed by atoms with Gasteiger partial charge in [0.2, 0.25) is 5.89 Å². The molecule has 3 rings (SSSR count). The van der Waals surface area contributed by atoms with E-state index in [0.717, 1.165) is 20.4 Å². The van der Waals surface area contributed by atoms with Gasteiger partial charge in [-0.25, -0.2) is 0 Å². The quantitative estimate of drug-likeness (QED) is 0.597. The van der Waals surface area contributed by atoms with Crippen LogP contribution in [0.15, 0.2) is 37.9 Å². The van der Waals surface area contributed by atoms with Gasteiger partial charge in [-0.05, 0) is 41.7 Å². The molecule has 0 bridgehead atoms. The molecule has 0 unspecified atom stereocenters. The second-order valence-electron chi connectivity index (χ2n) is 4.37. The molecule has 1 aromatic carbocycles. The fourth-order valence-electron chi connectivity index (χ4n) is 1.97. The van der Waals surface area contributed by atoms with Crippen LogP contribution in [-0.2, 0) is 6.42 Å². The van der Waals surface area contributed by atoms with Crippen molar-refractivity contribution < 1.29 is 4.42 Å². The molecule has 0 saturated carbocycles. The SMILES string of the molecule is CSc1nsc(SC)c1-c1nnc(Cc2cccc(Cl)c2)o1. The number of thioether (sulfide) groups is 2. The van der Waals surface area contributed by atoms with E-state index < -0.39 is 0 Å². The first kappa shape index (κ1) is 15.9. The Morgan fingerprint density at radius 2 is 2.09 bits per heavy atom. The van der Waals surface area contributed by atoms with E-state index in [2.05, 4.69) is 14.6 Å². The molecule has 0 N–H and O–H groups in total. The van der Waals surface area contributed by atoms with E-state index in [9.17, 15) is 0 Å². The Balaban J connectivity index is 1.89. The lowest BCUT2D eigenvalue weighted by molar-refractivity contribution is 0.516. The highest BCUT2D eigenvalue weighted by molar-refractivity contribution is 8.01. The van der Waals surface area contributed by atoms with Crippen molar-refractivity contribution in [2.45, 2.75) is 15.7 Å². The summed E-state index contributed by atoms with van der Waals surface area (Å²) in [5, 5.41) is 9.96. The average molecular weight is 370 g/mol. The first-order valence-electron chi connectivity index (χ1n) is 6.36. The molecule has 0 atom stereocenters. The van der Waals surface area contributed by atoms with Gasteiger partial charge in [-0.2, -0.15) is 4.37 Å². The molecule has 2 heterocycles. The Morgan fingerprint density at radius 3 is 2.82 bits per heavy atom. The third-order valence-electron chi connectivity index (χ3n) is 2.93. The topological polar surface area (TPSA) is 51.8 Å². The molecule has 0 amide bonds. The van der Waals surface area contributed by atoms with Crippen molar-refractivity contribution in [2.75, 3.05) is 12.5 Å². The standard InChI is InChI=1S/C14H12ClN3OS3/c1-20-13-11(14(21-2)22-18-13)12-17-16-10(19-12)7-8-4-3-5-9(15)6-8/h3-6H,7H2,1-2H3. The second-order valence-corrected chi connectivity index (χ2v) is 7.45. The molecule has 8 heteroatoms. The predicted molar refractivity (Wildman–Crippen MR) is 93.2 cm³/mol. The Morgan fingerprint density at radius 1 is 1.23 bits per heavy atom. The van der Waals surface area contributed by atoms with Gasteiger partial charge in [0.05, 0.1) is 16.2 Å². The molecular formula is C14H12ClN3OS3. The van der Waals surface area contributed by atoms with Gasteiger partial charge in [0.1, 0.15) is 5.03 Å². The van der Waals surface area contributed by atoms with Gasteiger partial charge in [-0.1, -0.05) is 23.7 Å². The minimum Gasteiger partial charge on any atom is -0.420 e. The molecule has 114 valence electrons. The maximum Gasteiger partial charge on any atom is 0.252 e. The molecule has 0 aliphatic heterocycles. The number of halogens is 1. The highest BCUT2D eigenvalue weighted by Crippen LogP contribution is 2.39. The van der Waals surface area contributed by atoms with Crippen LogP contribution in [0, 0.1) is 0 Å². The summed E-state index contributed by atoms with van der Waals surface area (Å²) < 4.78 is 11.3. The minimum atomic E-state index is 0.527. The van der Waals surface area contributed by atoms with Crippen LogP contribution in [0.3, 0.4) is 0 Å². The van der Waals surface area contributed by atoms with Gasteiger partial charge in [0, 0.05) is 5.02 Å². The van der Waals surface area contributed by atoms with Crippen molar-refractivity contribution in [3.8, 4) is 11.5 Å². The maximum atomic E-state index is 6.00. The van der Waals surface area contributed by atoms with Gasteiger partial charge in [-0.3, -0.25) is 0 Å². The largest absolute Gasteiger partial charge is 0.420 e. The molecule has 0 saturated heterocycles. The lowest BCUT2D eigenvalue weighted by Crippen LogP contribution is -1.87. The third kappa shape index (κ3) is 3.32. The summed E-state index contributed by atoms with van der Waals surface area (Å²) in [6.07, 6.45) is 4.57. The monoisotopic (exact) mass is 369 g/mol. The fourth-order valence-corrected chi connectivity index (χ4v) is 4.44. The molecular weight excluding hydrogens is 358 g/mol. The summed E-state index contributed by atoms with van der Waals surface area (Å²) in [4.78, 5) is 0. The summed E-state index contributed by atoms with van der Waals surface area (Å²) in [6, 6.07) is 7.65. The fraction of sp³-hybridized carbons (Fsp3) is 0.214. The molecule has 0 spiro atoms. The van der Waals surface area contributed by atoms with Crippen LogP contribution < -0.4 is 0 Å². The van der Waals surface area contributed by atoms with Gasteiger partial charge >= 0.3 is 0 Å². The molecule has 4 nitrogen and oxygen atoms in total. The van der Waals surface area contributed by atoms with Crippen molar-refractivity contribution in [3.05, 3.63) is 40.7 Å². The number of aromatic nitrogens is 3. The number of benzene rings is 1. The summed E-state index contributed by atoms with van der Waals surface area (Å²) >= 11 is 10.7. The van der Waals surface area contributed by atoms with Crippen molar-refractivity contribution in [2.24, 2.45) is 0 Å². The van der Waals surface area contributed by atoms with Crippen LogP contribution in [-0.4, -0.2) is 27.1 Å². The van der Waals surface area contributed by atoms with Gasteiger partial charge in [0.15, 0.2) is 0 Å². The molecule has 3 aromatic rings. The van der Waals surface area contributed by atoms with E-state index in [1.54, 1.807) is 23.5 Å². The molecule has 0 aliphatic carbocycles. The third-order valence-corrected chi connectivity index (χ3v) is 5.91. The van der Waals surface area contributed by atoms with Crippen LogP contribution in [0.1, 0.15) is 11.5 Å². The smallest absolute Gasteiger partial charge is 0.252 e. The van der Waals surface area contributed by atoms with Crippen molar-refractivity contribution in [1.82, 2.24) is 14.6 Å². The summed E-state index contributed by atoms with van der Waals surface area (Å²) in [5.74, 6) is 1.10. The van der Waals surface area contributed by atoms with E-state index in [4.69, 9.17) is 16.0 Å². The zero-order chi connectivity index (χ0) is 15.5. The van der Waals surface area contributed by atoms with E-state index in [0.29, 0.717) is 23.2 Å². The summed E-state index contributed by atoms with van der Waals surface area (Å²) in [6.45, 7) is 0. The minimum absolute atomic E-state index is 0.527. The van der Waals surface area contributed by atoms with Crippen LogP contribution in [0.4, 0.5) is 0 Å². The lowest BCUT2D eigenvalue weighted by atomic mass is 10.1. The van der Waals surface area contributed by atoms with Crippen LogP contribution in [0.2, 0.25) is 5.02 Å². The van der Waals surface area contributed by atoms with Crippen LogP contribution >= 0.6 is 46.7 Å². The second kappa shape index (κ2) is 7.04. The zero-order valence-electron chi connectivity index (χ0n) is 11.9. The first-order chi connectivity index (χ1) is 10.7. The Labute approximate surface area is 145 Å². The Kier molecular flexibility index (Phi) is 5.07. The highest BCUT2D eigenvalue weighted by atomic mass is 35.5. The van der Waals surface area contributed by atoms with Crippen molar-refractivity contribution in [3.63, 3.8) is 0 Å². The molecule has 2 aromatic heterocycles. The summed E-state index contributed by atoms with van der Waals surface area (Å²) in [5.41, 5.74) is 1.98. The molecule has 0 aliphatic rings. The van der Waals surface area contributed by atoms with E-state index >= 15 is 0 Å². The van der Waals surface area contributed by atoms with Crippen molar-refractivity contribution >= 4 is 46.7 Å². The number of rotatable bonds is 5. The van der Waals surface area contributed by atoms with Gasteiger partial charge in [0.25, 0.3) is 5.89 Å². The van der Waals surface area contributed by atoms with E-state index in [1.165, 1.54) is 11.5 Å². The van der Waals surface area contributed by atoms with E-state index in [1.807, 2.05) is 36.8 Å². The zero-order valence-corrected chi connectivity index (χ0v) is 15.1. The number of nitrogens with zero attached hydrogens (tertiary/aromatic N) is 3. The molecule has 22 heavy (non-hydrogen) atoms. The highest BCUT2D eigenvalue weighted by Gasteiger charge is 2.20. The van der Waals surface area contributed by atoms with Crippen molar-refractivity contribution in [1.29, 1.82) is 0 Å². The van der Waals surface area contributed by atoms with Crippen LogP contribution in [0.25, 0.3) is 11.5 Å². The number of hydrogen-bond donors (Lipinski definition) is 0. The number of hydrogen-bond acceptors (Lipinski definition) is 7. The first-order valence-corrected chi connectivity index (χ1v) is 9.96. The van der Waals surface area contributed by atoms with Gasteiger partial charge < -0.3 is 4.42 Å². The lowest BCUT2D eigenvalue weighted by Gasteiger charge is -1.98. The normalized spacial score (nSPS) is 11.0. The van der Waals surface area contributed by atoms with E-state index in [-0.39, 0.29) is 0 Å². The molecule has 0 fully saturated rings. The summed E-state index contributed by atoms with van der Waals surface area (Å²) in [7, 11) is 0. The molecule has 0 radical (unpaired) electrons. The van der Waals surface area contributed by atoms with Gasteiger partial charge in [-0.15, -0.1) is 33.7 Å². The Bertz CT molecular complexity index is 766. The van der Waals surface area contributed by atoms with Crippen LogP contribution in [0.5, 0.6) is 0 Å². The average Bonchev–Trinajstić information content (AvgIpc) is 3.12. The Hall–Kier alpha value is -1.02. The predicted octanol–water partition coefficient (Wildman–Crippen LogP) is 4.88. The maximum absolute atomic E-state index is 6.00.